The molecule has 3 aromatic rings. The second-order valence-corrected chi connectivity index (χ2v) is 7.79. The molecule has 1 aromatic carbocycles. The fraction of sp³-hybridized carbons (Fsp3) is 0.333. The van der Waals surface area contributed by atoms with Gasteiger partial charge in [-0.05, 0) is 43.2 Å². The van der Waals surface area contributed by atoms with Crippen LogP contribution >= 0.6 is 23.2 Å². The third kappa shape index (κ3) is 4.29. The summed E-state index contributed by atoms with van der Waals surface area (Å²) in [7, 11) is 0. The van der Waals surface area contributed by atoms with Gasteiger partial charge in [-0.1, -0.05) is 23.2 Å². The Kier molecular flexibility index (Phi) is 5.46. The molecule has 0 unspecified atom stereocenters. The van der Waals surface area contributed by atoms with Crippen molar-refractivity contribution in [3.8, 4) is 0 Å². The molecule has 1 atom stereocenters. The molecule has 4 rings (SSSR count). The molecule has 12 heteroatoms. The van der Waals surface area contributed by atoms with E-state index >= 15 is 0 Å². The Morgan fingerprint density at radius 2 is 1.87 bits per heavy atom. The van der Waals surface area contributed by atoms with Crippen molar-refractivity contribution in [3.63, 3.8) is 0 Å². The molecule has 1 amide bonds. The van der Waals surface area contributed by atoms with Gasteiger partial charge in [0.25, 0.3) is 5.82 Å². The summed E-state index contributed by atoms with van der Waals surface area (Å²) in [5.41, 5.74) is 0.476. The first kappa shape index (κ1) is 20.7. The standard InChI is InChI=1S/C18H15Cl2F3N6O/c19-11-6-12(20)8-13(7-11)24-16(30)10-2-1-5-28(9-10)15-4-3-14-25-26-17(18(21,22)23)29(14)27-15/h3-4,6-8,10H,1-2,5,9H2,(H,24,30)/t10-/m1/s1. The number of aromatic nitrogens is 4. The Bertz CT molecular complexity index is 1080. The number of amides is 1. The second kappa shape index (κ2) is 7.92. The Morgan fingerprint density at radius 3 is 2.57 bits per heavy atom. The molecule has 0 saturated carbocycles. The summed E-state index contributed by atoms with van der Waals surface area (Å²) in [6.45, 7) is 0.872. The van der Waals surface area contributed by atoms with Gasteiger partial charge in [-0.2, -0.15) is 17.7 Å². The molecule has 1 aliphatic heterocycles. The van der Waals surface area contributed by atoms with Crippen molar-refractivity contribution >= 4 is 46.3 Å². The minimum absolute atomic E-state index is 0.00443. The van der Waals surface area contributed by atoms with E-state index in [1.807, 2.05) is 0 Å². The molecular formula is C18H15Cl2F3N6O. The van der Waals surface area contributed by atoms with E-state index < -0.39 is 12.0 Å². The number of fused-ring (bicyclic) bond motifs is 1. The summed E-state index contributed by atoms with van der Waals surface area (Å²) < 4.78 is 40.0. The zero-order chi connectivity index (χ0) is 21.5. The van der Waals surface area contributed by atoms with Crippen LogP contribution in [0.4, 0.5) is 24.7 Å². The summed E-state index contributed by atoms with van der Waals surface area (Å²) in [4.78, 5) is 14.5. The molecule has 3 heterocycles. The van der Waals surface area contributed by atoms with E-state index in [1.165, 1.54) is 6.07 Å². The first-order valence-electron chi connectivity index (χ1n) is 9.02. The summed E-state index contributed by atoms with van der Waals surface area (Å²) in [6.07, 6.45) is -3.35. The van der Waals surface area contributed by atoms with Crippen molar-refractivity contribution < 1.29 is 18.0 Å². The van der Waals surface area contributed by atoms with Crippen LogP contribution in [0.3, 0.4) is 0 Å². The molecule has 158 valence electrons. The topological polar surface area (TPSA) is 75.4 Å². The number of carbonyl (C=O) groups is 1. The summed E-state index contributed by atoms with van der Waals surface area (Å²) >= 11 is 11.9. The molecule has 7 nitrogen and oxygen atoms in total. The van der Waals surface area contributed by atoms with Gasteiger partial charge in [0.05, 0.1) is 5.92 Å². The Labute approximate surface area is 178 Å². The maximum atomic E-state index is 13.1. The largest absolute Gasteiger partial charge is 0.453 e. The van der Waals surface area contributed by atoms with Crippen LogP contribution in [0.25, 0.3) is 5.65 Å². The average Bonchev–Trinajstić information content (AvgIpc) is 3.11. The SMILES string of the molecule is O=C(Nc1cc(Cl)cc(Cl)c1)[C@@H]1CCCN(c2ccc3nnc(C(F)(F)F)n3n2)C1. The number of piperidine rings is 1. The number of benzene rings is 1. The van der Waals surface area contributed by atoms with Crippen molar-refractivity contribution in [1.82, 2.24) is 19.8 Å². The number of halogens is 5. The van der Waals surface area contributed by atoms with E-state index in [2.05, 4.69) is 20.6 Å². The van der Waals surface area contributed by atoms with Gasteiger partial charge in [-0.25, -0.2) is 0 Å². The molecule has 0 aliphatic carbocycles. The van der Waals surface area contributed by atoms with E-state index in [0.29, 0.717) is 52.0 Å². The van der Waals surface area contributed by atoms with Crippen LogP contribution in [0, 0.1) is 5.92 Å². The van der Waals surface area contributed by atoms with Crippen molar-refractivity contribution in [2.24, 2.45) is 5.92 Å². The predicted molar refractivity (Wildman–Crippen MR) is 106 cm³/mol. The Morgan fingerprint density at radius 1 is 1.13 bits per heavy atom. The summed E-state index contributed by atoms with van der Waals surface area (Å²) in [5, 5.41) is 14.3. The molecule has 1 N–H and O–H groups in total. The normalized spacial score (nSPS) is 17.4. The van der Waals surface area contributed by atoms with Crippen LogP contribution in [0.1, 0.15) is 18.7 Å². The van der Waals surface area contributed by atoms with E-state index in [0.717, 1.165) is 0 Å². The highest BCUT2D eigenvalue weighted by Gasteiger charge is 2.38. The van der Waals surface area contributed by atoms with Gasteiger partial charge in [0.2, 0.25) is 5.91 Å². The van der Waals surface area contributed by atoms with Gasteiger partial charge in [-0.15, -0.1) is 15.3 Å². The second-order valence-electron chi connectivity index (χ2n) is 6.92. The van der Waals surface area contributed by atoms with Crippen LogP contribution in [0.2, 0.25) is 10.0 Å². The van der Waals surface area contributed by atoms with E-state index in [-0.39, 0.29) is 17.5 Å². The molecule has 1 saturated heterocycles. The highest BCUT2D eigenvalue weighted by atomic mass is 35.5. The van der Waals surface area contributed by atoms with Crippen LogP contribution in [0.15, 0.2) is 30.3 Å². The molecule has 1 aliphatic rings. The summed E-state index contributed by atoms with van der Waals surface area (Å²) in [6, 6.07) is 7.73. The van der Waals surface area contributed by atoms with Crippen molar-refractivity contribution in [2.75, 3.05) is 23.3 Å². The van der Waals surface area contributed by atoms with Crippen molar-refractivity contribution in [1.29, 1.82) is 0 Å². The van der Waals surface area contributed by atoms with Crippen LogP contribution in [-0.4, -0.2) is 38.8 Å². The third-order valence-electron chi connectivity index (χ3n) is 4.75. The smallest absolute Gasteiger partial charge is 0.354 e. The molecule has 0 spiro atoms. The van der Waals surface area contributed by atoms with Gasteiger partial charge in [0, 0.05) is 28.8 Å². The molecular weight excluding hydrogens is 444 g/mol. The monoisotopic (exact) mass is 458 g/mol. The fourth-order valence-electron chi connectivity index (χ4n) is 3.39. The molecule has 0 radical (unpaired) electrons. The number of nitrogens with zero attached hydrogens (tertiary/aromatic N) is 5. The highest BCUT2D eigenvalue weighted by Crippen LogP contribution is 2.29. The molecule has 1 fully saturated rings. The van der Waals surface area contributed by atoms with Gasteiger partial charge >= 0.3 is 6.18 Å². The first-order valence-corrected chi connectivity index (χ1v) is 9.78. The lowest BCUT2D eigenvalue weighted by molar-refractivity contribution is -0.146. The number of hydrogen-bond donors (Lipinski definition) is 1. The van der Waals surface area contributed by atoms with Gasteiger partial charge in [0.15, 0.2) is 5.65 Å². The van der Waals surface area contributed by atoms with Crippen LogP contribution < -0.4 is 10.2 Å². The molecule has 30 heavy (non-hydrogen) atoms. The van der Waals surface area contributed by atoms with Gasteiger partial charge < -0.3 is 10.2 Å². The maximum absolute atomic E-state index is 13.1. The first-order chi connectivity index (χ1) is 14.2. The molecule has 0 bridgehead atoms. The lowest BCUT2D eigenvalue weighted by Gasteiger charge is -2.32. The van der Waals surface area contributed by atoms with Crippen molar-refractivity contribution in [3.05, 3.63) is 46.2 Å². The number of rotatable bonds is 3. The number of anilines is 2. The zero-order valence-electron chi connectivity index (χ0n) is 15.3. The van der Waals surface area contributed by atoms with Gasteiger partial charge in [0.1, 0.15) is 5.82 Å². The minimum atomic E-state index is -4.67. The number of carbonyl (C=O) groups excluding carboxylic acids is 1. The number of hydrogen-bond acceptors (Lipinski definition) is 5. The highest BCUT2D eigenvalue weighted by molar-refractivity contribution is 6.35. The minimum Gasteiger partial charge on any atom is -0.354 e. The lowest BCUT2D eigenvalue weighted by Crippen LogP contribution is -2.41. The number of alkyl halides is 3. The van der Waals surface area contributed by atoms with Gasteiger partial charge in [-0.3, -0.25) is 4.79 Å². The Balaban J connectivity index is 1.53. The van der Waals surface area contributed by atoms with E-state index in [9.17, 15) is 18.0 Å². The maximum Gasteiger partial charge on any atom is 0.453 e. The van der Waals surface area contributed by atoms with E-state index in [4.69, 9.17) is 23.2 Å². The molecule has 2 aromatic heterocycles. The Hall–Kier alpha value is -2.59. The fourth-order valence-corrected chi connectivity index (χ4v) is 3.92. The predicted octanol–water partition coefficient (Wildman–Crippen LogP) is 4.31. The lowest BCUT2D eigenvalue weighted by atomic mass is 9.97. The zero-order valence-corrected chi connectivity index (χ0v) is 16.8. The van der Waals surface area contributed by atoms with Crippen LogP contribution in [0.5, 0.6) is 0 Å². The summed E-state index contributed by atoms with van der Waals surface area (Å²) in [5.74, 6) is -1.48. The average molecular weight is 459 g/mol. The van der Waals surface area contributed by atoms with E-state index in [1.54, 1.807) is 29.2 Å². The van der Waals surface area contributed by atoms with Crippen LogP contribution in [-0.2, 0) is 11.0 Å². The van der Waals surface area contributed by atoms with Crippen molar-refractivity contribution in [2.45, 2.75) is 19.0 Å². The number of nitrogens with one attached hydrogen (secondary N) is 1. The third-order valence-corrected chi connectivity index (χ3v) is 5.18. The quantitative estimate of drug-likeness (QED) is 0.632.